The van der Waals surface area contributed by atoms with Crippen LogP contribution in [0.1, 0.15) is 57.7 Å². The molecule has 63 heavy (non-hydrogen) atoms. The average molecular weight is 857 g/mol. The highest BCUT2D eigenvalue weighted by molar-refractivity contribution is 5.89. The zero-order valence-electron chi connectivity index (χ0n) is 37.0. The number of amides is 5. The van der Waals surface area contributed by atoms with Crippen LogP contribution in [0.2, 0.25) is 0 Å². The van der Waals surface area contributed by atoms with Crippen LogP contribution in [0.5, 0.6) is 0 Å². The Morgan fingerprint density at radius 2 is 1.56 bits per heavy atom. The van der Waals surface area contributed by atoms with Gasteiger partial charge in [-0.05, 0) is 58.7 Å². The number of carbonyl (C=O) groups excluding carboxylic acids is 4. The number of rotatable bonds is 18. The molecule has 14 nitrogen and oxygen atoms in total. The lowest BCUT2D eigenvalue weighted by molar-refractivity contribution is -0.132. The van der Waals surface area contributed by atoms with Crippen LogP contribution in [0.25, 0.3) is 22.2 Å². The number of aliphatic hydroxyl groups is 1. The summed E-state index contributed by atoms with van der Waals surface area (Å²) in [7, 11) is 1.23. The first-order chi connectivity index (χ1) is 30.2. The summed E-state index contributed by atoms with van der Waals surface area (Å²) in [6.07, 6.45) is 2.41. The quantitative estimate of drug-likeness (QED) is 0.0735. The summed E-state index contributed by atoms with van der Waals surface area (Å²) < 4.78 is 4.84. The number of nitrogens with one attached hydrogen (secondary N) is 3. The molecule has 5 aromatic rings. The van der Waals surface area contributed by atoms with Gasteiger partial charge in [0.1, 0.15) is 12.1 Å². The van der Waals surface area contributed by atoms with Crippen molar-refractivity contribution >= 4 is 34.8 Å². The highest BCUT2D eigenvalue weighted by atomic mass is 16.5. The lowest BCUT2D eigenvalue weighted by Crippen LogP contribution is -2.60. The number of nitrogens with zero attached hydrogens (tertiary/aromatic N) is 5. The number of hydrazine groups is 1. The number of pyridine rings is 2. The Morgan fingerprint density at radius 1 is 0.841 bits per heavy atom. The Kier molecular flexibility index (Phi) is 15.5. The van der Waals surface area contributed by atoms with Gasteiger partial charge in [-0.3, -0.25) is 25.0 Å². The maximum Gasteiger partial charge on any atom is 0.407 e. The van der Waals surface area contributed by atoms with Crippen molar-refractivity contribution in [2.45, 2.75) is 84.8 Å². The number of methoxy groups -OCH3 is 1. The Bertz CT molecular complexity index is 2300. The summed E-state index contributed by atoms with van der Waals surface area (Å²) in [6, 6.07) is 29.9. The molecule has 14 heteroatoms. The van der Waals surface area contributed by atoms with Gasteiger partial charge in [-0.15, -0.1) is 0 Å². The number of aliphatic hydroxyl groups excluding tert-OH is 1. The molecule has 0 spiro atoms. The number of aromatic nitrogens is 2. The lowest BCUT2D eigenvalue weighted by atomic mass is 9.86. The molecule has 6 rings (SSSR count). The topological polar surface area (TPSA) is 169 Å². The van der Waals surface area contributed by atoms with Crippen LogP contribution < -0.4 is 16.1 Å². The fraction of sp³-hybridized carbons (Fsp3) is 0.388. The van der Waals surface area contributed by atoms with Gasteiger partial charge in [-0.1, -0.05) is 120 Å². The van der Waals surface area contributed by atoms with E-state index in [0.29, 0.717) is 26.1 Å². The largest absolute Gasteiger partial charge is 0.453 e. The molecule has 4 N–H and O–H groups in total. The number of urea groups is 1. The molecular formula is C49H60N8O6. The third-order valence-corrected chi connectivity index (χ3v) is 11.6. The van der Waals surface area contributed by atoms with Crippen molar-refractivity contribution < 1.29 is 29.0 Å². The van der Waals surface area contributed by atoms with Gasteiger partial charge in [0.2, 0.25) is 5.91 Å². The van der Waals surface area contributed by atoms with Crippen LogP contribution in [-0.2, 0) is 33.8 Å². The zero-order chi connectivity index (χ0) is 45.1. The first kappa shape index (κ1) is 46.1. The van der Waals surface area contributed by atoms with E-state index in [9.17, 15) is 24.3 Å². The first-order valence-corrected chi connectivity index (χ1v) is 21.6. The van der Waals surface area contributed by atoms with E-state index >= 15 is 0 Å². The van der Waals surface area contributed by atoms with E-state index in [-0.39, 0.29) is 37.4 Å². The molecule has 1 fully saturated rings. The maximum absolute atomic E-state index is 14.7. The predicted octanol–water partition coefficient (Wildman–Crippen LogP) is 6.34. The number of fused-ring (bicyclic) bond motifs is 1. The standard InChI is InChI=1S/C49H60N8O6/c1-7-33(2)43(57-28-27-55(48(57)62)31-37-24-26-51-40-19-12-11-17-38(37)40)45(59)52-41(29-34-15-9-8-10-16-34)42(58)32-56(54-46(60)44(49(3,4)5)53-47(61)63-6)30-35-20-22-36(23-21-35)39-18-13-14-25-50-39/h8-26,33,41-44,58H,7,27-32H2,1-6H3,(H,52,59)(H,53,61)(H,54,60). The van der Waals surface area contributed by atoms with Crippen molar-refractivity contribution in [2.24, 2.45) is 11.3 Å². The van der Waals surface area contributed by atoms with Crippen LogP contribution in [0.15, 0.2) is 116 Å². The second-order valence-electron chi connectivity index (χ2n) is 17.3. The van der Waals surface area contributed by atoms with Gasteiger partial charge in [0.05, 0.1) is 30.5 Å². The summed E-state index contributed by atoms with van der Waals surface area (Å²) >= 11 is 0. The molecule has 332 valence electrons. The molecule has 5 atom stereocenters. The summed E-state index contributed by atoms with van der Waals surface area (Å²) in [4.78, 5) is 67.6. The molecule has 3 heterocycles. The number of hydrogen-bond donors (Lipinski definition) is 4. The van der Waals surface area contributed by atoms with Crippen LogP contribution in [0.3, 0.4) is 0 Å². The molecule has 2 aromatic heterocycles. The molecule has 1 aliphatic heterocycles. The van der Waals surface area contributed by atoms with E-state index in [0.717, 1.165) is 38.9 Å². The highest BCUT2D eigenvalue weighted by Gasteiger charge is 2.41. The molecule has 0 bridgehead atoms. The van der Waals surface area contributed by atoms with Crippen molar-refractivity contribution in [1.82, 2.24) is 40.8 Å². The number of para-hydroxylation sites is 1. The molecule has 0 aliphatic carbocycles. The predicted molar refractivity (Wildman–Crippen MR) is 243 cm³/mol. The molecule has 0 saturated carbocycles. The van der Waals surface area contributed by atoms with Crippen LogP contribution in [-0.4, -0.2) is 105 Å². The van der Waals surface area contributed by atoms with Gasteiger partial charge in [-0.2, -0.15) is 0 Å². The number of benzene rings is 3. The normalized spacial score (nSPS) is 15.4. The summed E-state index contributed by atoms with van der Waals surface area (Å²) in [6.45, 7) is 10.7. The molecule has 5 amide bonds. The molecule has 1 saturated heterocycles. The third-order valence-electron chi connectivity index (χ3n) is 11.6. The van der Waals surface area contributed by atoms with Gasteiger partial charge >= 0.3 is 12.1 Å². The molecule has 0 radical (unpaired) electrons. The summed E-state index contributed by atoms with van der Waals surface area (Å²) in [5.74, 6) is -1.08. The maximum atomic E-state index is 14.7. The Labute approximate surface area is 370 Å². The van der Waals surface area contributed by atoms with Crippen LogP contribution in [0, 0.1) is 11.3 Å². The van der Waals surface area contributed by atoms with E-state index < -0.39 is 41.6 Å². The van der Waals surface area contributed by atoms with Crippen molar-refractivity contribution in [3.05, 3.63) is 132 Å². The minimum Gasteiger partial charge on any atom is -0.453 e. The summed E-state index contributed by atoms with van der Waals surface area (Å²) in [5.41, 5.74) is 7.51. The monoisotopic (exact) mass is 856 g/mol. The number of ether oxygens (including phenoxy) is 1. The van der Waals surface area contributed by atoms with Crippen LogP contribution in [0.4, 0.5) is 9.59 Å². The Balaban J connectivity index is 1.25. The van der Waals surface area contributed by atoms with Gasteiger partial charge in [0.25, 0.3) is 5.91 Å². The summed E-state index contributed by atoms with van der Waals surface area (Å²) in [5, 5.41) is 20.6. The smallest absolute Gasteiger partial charge is 0.407 e. The molecular weight excluding hydrogens is 797 g/mol. The van der Waals surface area contributed by atoms with Crippen molar-refractivity contribution in [3.63, 3.8) is 0 Å². The zero-order valence-corrected chi connectivity index (χ0v) is 37.0. The lowest BCUT2D eigenvalue weighted by Gasteiger charge is -2.36. The Hall–Kier alpha value is -6.38. The first-order valence-electron chi connectivity index (χ1n) is 21.6. The second-order valence-corrected chi connectivity index (χ2v) is 17.3. The van der Waals surface area contributed by atoms with Crippen LogP contribution >= 0.6 is 0 Å². The van der Waals surface area contributed by atoms with E-state index in [1.54, 1.807) is 27.2 Å². The highest BCUT2D eigenvalue weighted by Crippen LogP contribution is 2.26. The SMILES string of the molecule is CCC(C)C(C(=O)NC(Cc1ccccc1)C(O)CN(Cc1ccc(-c2ccccn2)cc1)NC(=O)C(NC(=O)OC)C(C)(C)C)N1CCN(Cc2ccnc3ccccc23)C1=O. The Morgan fingerprint density at radius 3 is 2.24 bits per heavy atom. The van der Waals surface area contributed by atoms with Gasteiger partial charge in [0.15, 0.2) is 0 Å². The van der Waals surface area contributed by atoms with Gasteiger partial charge in [0, 0.05) is 56.1 Å². The van der Waals surface area contributed by atoms with E-state index in [2.05, 4.69) is 26.0 Å². The molecule has 5 unspecified atom stereocenters. The van der Waals surface area contributed by atoms with E-state index in [1.807, 2.05) is 138 Å². The fourth-order valence-corrected chi connectivity index (χ4v) is 7.96. The second kappa shape index (κ2) is 21.1. The fourth-order valence-electron chi connectivity index (χ4n) is 7.96. The minimum atomic E-state index is -1.22. The number of alkyl carbamates (subject to hydrolysis) is 1. The van der Waals surface area contributed by atoms with E-state index in [4.69, 9.17) is 4.74 Å². The van der Waals surface area contributed by atoms with E-state index in [1.165, 1.54) is 7.11 Å². The van der Waals surface area contributed by atoms with Gasteiger partial charge < -0.3 is 30.3 Å². The van der Waals surface area contributed by atoms with Crippen molar-refractivity contribution in [2.75, 3.05) is 26.7 Å². The third kappa shape index (κ3) is 12.0. The van der Waals surface area contributed by atoms with Crippen molar-refractivity contribution in [3.8, 4) is 11.3 Å². The average Bonchev–Trinajstić information content (AvgIpc) is 3.63. The molecule has 1 aliphatic rings. The number of hydrogen-bond acceptors (Lipinski definition) is 9. The molecule has 3 aromatic carbocycles. The van der Waals surface area contributed by atoms with Gasteiger partial charge in [-0.25, -0.2) is 14.6 Å². The minimum absolute atomic E-state index is 0.106. The number of carbonyl (C=O) groups is 4. The van der Waals surface area contributed by atoms with Crippen molar-refractivity contribution in [1.29, 1.82) is 0 Å².